The summed E-state index contributed by atoms with van der Waals surface area (Å²) in [5, 5.41) is 1.16. The summed E-state index contributed by atoms with van der Waals surface area (Å²) < 4.78 is 11.6. The standard InChI is InChI=1S/C16H21NO2/c1-2-14-16(12-7-3-4-8-15(12)19-14)13(17)10-11-6-5-9-18-11/h3-4,7-8,11,13H,2,5-6,9-10,17H2,1H3. The van der Waals surface area contributed by atoms with Crippen molar-refractivity contribution in [2.75, 3.05) is 6.61 Å². The van der Waals surface area contributed by atoms with E-state index in [1.807, 2.05) is 18.2 Å². The molecule has 2 heterocycles. The summed E-state index contributed by atoms with van der Waals surface area (Å²) in [5.74, 6) is 1.02. The van der Waals surface area contributed by atoms with Crippen molar-refractivity contribution in [3.63, 3.8) is 0 Å². The van der Waals surface area contributed by atoms with Gasteiger partial charge in [0, 0.05) is 30.0 Å². The van der Waals surface area contributed by atoms with Crippen molar-refractivity contribution in [3.8, 4) is 0 Å². The van der Waals surface area contributed by atoms with Crippen LogP contribution in [-0.4, -0.2) is 12.7 Å². The van der Waals surface area contributed by atoms with Gasteiger partial charge in [-0.05, 0) is 25.3 Å². The van der Waals surface area contributed by atoms with Gasteiger partial charge in [0.25, 0.3) is 0 Å². The zero-order valence-corrected chi connectivity index (χ0v) is 11.4. The summed E-state index contributed by atoms with van der Waals surface area (Å²) in [6.07, 6.45) is 4.36. The van der Waals surface area contributed by atoms with Gasteiger partial charge in [-0.15, -0.1) is 0 Å². The number of hydrogen-bond acceptors (Lipinski definition) is 3. The van der Waals surface area contributed by atoms with E-state index in [9.17, 15) is 0 Å². The number of furan rings is 1. The third-order valence-electron chi connectivity index (χ3n) is 3.94. The van der Waals surface area contributed by atoms with Crippen molar-refractivity contribution in [2.24, 2.45) is 5.73 Å². The van der Waals surface area contributed by atoms with E-state index < -0.39 is 0 Å². The average molecular weight is 259 g/mol. The number of benzene rings is 1. The lowest BCUT2D eigenvalue weighted by atomic mass is 9.96. The fraction of sp³-hybridized carbons (Fsp3) is 0.500. The maximum absolute atomic E-state index is 6.42. The van der Waals surface area contributed by atoms with Gasteiger partial charge in [0.05, 0.1) is 6.10 Å². The number of hydrogen-bond donors (Lipinski definition) is 1. The second-order valence-electron chi connectivity index (χ2n) is 5.27. The molecular formula is C16H21NO2. The van der Waals surface area contributed by atoms with Crippen molar-refractivity contribution < 1.29 is 9.15 Å². The van der Waals surface area contributed by atoms with Gasteiger partial charge in [0.2, 0.25) is 0 Å². The van der Waals surface area contributed by atoms with Crippen molar-refractivity contribution >= 4 is 11.0 Å². The Kier molecular flexibility index (Phi) is 3.58. The fourth-order valence-electron chi connectivity index (χ4n) is 3.02. The van der Waals surface area contributed by atoms with Gasteiger partial charge in [-0.25, -0.2) is 0 Å². The molecule has 2 N–H and O–H groups in total. The highest BCUT2D eigenvalue weighted by molar-refractivity contribution is 5.82. The highest BCUT2D eigenvalue weighted by Crippen LogP contribution is 2.33. The largest absolute Gasteiger partial charge is 0.461 e. The van der Waals surface area contributed by atoms with Gasteiger partial charge < -0.3 is 14.9 Å². The van der Waals surface area contributed by atoms with Crippen molar-refractivity contribution in [1.82, 2.24) is 0 Å². The maximum Gasteiger partial charge on any atom is 0.134 e. The molecule has 1 aromatic carbocycles. The Hall–Kier alpha value is -1.32. The minimum absolute atomic E-state index is 0.00157. The molecule has 2 aromatic rings. The molecule has 3 nitrogen and oxygen atoms in total. The van der Waals surface area contributed by atoms with Gasteiger partial charge in [0.15, 0.2) is 0 Å². The third kappa shape index (κ3) is 2.40. The van der Waals surface area contributed by atoms with E-state index in [2.05, 4.69) is 13.0 Å². The summed E-state index contributed by atoms with van der Waals surface area (Å²) in [5.41, 5.74) is 8.54. The minimum Gasteiger partial charge on any atom is -0.461 e. The molecule has 1 aliphatic heterocycles. The van der Waals surface area contributed by atoms with Crippen molar-refractivity contribution in [3.05, 3.63) is 35.6 Å². The van der Waals surface area contributed by atoms with Crippen LogP contribution < -0.4 is 5.73 Å². The van der Waals surface area contributed by atoms with Gasteiger partial charge in [-0.1, -0.05) is 25.1 Å². The molecule has 1 aliphatic rings. The Balaban J connectivity index is 1.93. The molecule has 2 atom stereocenters. The normalized spacial score (nSPS) is 21.1. The van der Waals surface area contributed by atoms with Crippen LogP contribution in [0.15, 0.2) is 28.7 Å². The van der Waals surface area contributed by atoms with Crippen LogP contribution in [0.3, 0.4) is 0 Å². The molecule has 0 saturated carbocycles. The molecule has 0 spiro atoms. The van der Waals surface area contributed by atoms with Crippen LogP contribution in [-0.2, 0) is 11.2 Å². The first kappa shape index (κ1) is 12.7. The van der Waals surface area contributed by atoms with E-state index in [4.69, 9.17) is 14.9 Å². The zero-order chi connectivity index (χ0) is 13.2. The van der Waals surface area contributed by atoms with Gasteiger partial charge in [-0.3, -0.25) is 0 Å². The predicted molar refractivity (Wildman–Crippen MR) is 76.1 cm³/mol. The van der Waals surface area contributed by atoms with Crippen LogP contribution >= 0.6 is 0 Å². The van der Waals surface area contributed by atoms with Crippen LogP contribution in [0.25, 0.3) is 11.0 Å². The van der Waals surface area contributed by atoms with E-state index in [0.29, 0.717) is 6.10 Å². The Bertz CT molecular complexity index is 555. The molecule has 1 fully saturated rings. The topological polar surface area (TPSA) is 48.4 Å². The number of aryl methyl sites for hydroxylation is 1. The average Bonchev–Trinajstić information content (AvgIpc) is 3.04. The zero-order valence-electron chi connectivity index (χ0n) is 11.4. The molecule has 3 heteroatoms. The lowest BCUT2D eigenvalue weighted by Gasteiger charge is -2.16. The van der Waals surface area contributed by atoms with E-state index in [1.54, 1.807) is 0 Å². The van der Waals surface area contributed by atoms with Crippen molar-refractivity contribution in [1.29, 1.82) is 0 Å². The third-order valence-corrected chi connectivity index (χ3v) is 3.94. The van der Waals surface area contributed by atoms with Crippen LogP contribution in [0.4, 0.5) is 0 Å². The number of ether oxygens (including phenoxy) is 1. The second-order valence-corrected chi connectivity index (χ2v) is 5.27. The molecule has 0 amide bonds. The Morgan fingerprint density at radius 2 is 2.21 bits per heavy atom. The maximum atomic E-state index is 6.42. The number of para-hydroxylation sites is 1. The Morgan fingerprint density at radius 1 is 1.37 bits per heavy atom. The summed E-state index contributed by atoms with van der Waals surface area (Å²) in [4.78, 5) is 0. The first-order valence-corrected chi connectivity index (χ1v) is 7.17. The minimum atomic E-state index is 0.00157. The van der Waals surface area contributed by atoms with Gasteiger partial charge in [-0.2, -0.15) is 0 Å². The molecule has 0 aliphatic carbocycles. The quantitative estimate of drug-likeness (QED) is 0.913. The number of rotatable bonds is 4. The second kappa shape index (κ2) is 5.35. The van der Waals surface area contributed by atoms with Crippen LogP contribution in [0.2, 0.25) is 0 Å². The number of nitrogens with two attached hydrogens (primary N) is 1. The summed E-state index contributed by atoms with van der Waals surface area (Å²) in [6.45, 7) is 2.99. The summed E-state index contributed by atoms with van der Waals surface area (Å²) in [7, 11) is 0. The number of fused-ring (bicyclic) bond motifs is 1. The molecule has 19 heavy (non-hydrogen) atoms. The molecule has 102 valence electrons. The van der Waals surface area contributed by atoms with Crippen molar-refractivity contribution in [2.45, 2.75) is 44.8 Å². The predicted octanol–water partition coefficient (Wildman–Crippen LogP) is 3.56. The molecule has 2 unspecified atom stereocenters. The van der Waals surface area contributed by atoms with E-state index in [-0.39, 0.29) is 6.04 Å². The Labute approximate surface area is 113 Å². The SMILES string of the molecule is CCc1oc2ccccc2c1C(N)CC1CCCO1. The van der Waals surface area contributed by atoms with Gasteiger partial charge >= 0.3 is 0 Å². The first-order valence-electron chi connectivity index (χ1n) is 7.17. The first-order chi connectivity index (χ1) is 9.29. The monoisotopic (exact) mass is 259 g/mol. The molecule has 0 bridgehead atoms. The van der Waals surface area contributed by atoms with Gasteiger partial charge in [0.1, 0.15) is 11.3 Å². The molecule has 1 aromatic heterocycles. The van der Waals surface area contributed by atoms with E-state index >= 15 is 0 Å². The highest BCUT2D eigenvalue weighted by Gasteiger charge is 2.24. The molecule has 1 saturated heterocycles. The lowest BCUT2D eigenvalue weighted by Crippen LogP contribution is -2.19. The molecular weight excluding hydrogens is 238 g/mol. The fourth-order valence-corrected chi connectivity index (χ4v) is 3.02. The summed E-state index contributed by atoms with van der Waals surface area (Å²) in [6, 6.07) is 8.15. The van der Waals surface area contributed by atoms with E-state index in [0.717, 1.165) is 49.0 Å². The molecule has 3 rings (SSSR count). The van der Waals surface area contributed by atoms with Crippen LogP contribution in [0.1, 0.15) is 43.6 Å². The summed E-state index contributed by atoms with van der Waals surface area (Å²) >= 11 is 0. The van der Waals surface area contributed by atoms with E-state index in [1.165, 1.54) is 5.56 Å². The van der Waals surface area contributed by atoms with Crippen LogP contribution in [0, 0.1) is 0 Å². The van der Waals surface area contributed by atoms with Crippen LogP contribution in [0.5, 0.6) is 0 Å². The highest BCUT2D eigenvalue weighted by atomic mass is 16.5. The lowest BCUT2D eigenvalue weighted by molar-refractivity contribution is 0.0983. The Morgan fingerprint density at radius 3 is 2.95 bits per heavy atom. The smallest absolute Gasteiger partial charge is 0.134 e. The molecule has 0 radical (unpaired) electrons.